The zero-order chi connectivity index (χ0) is 13.9. The Hall–Kier alpha value is -1.62. The summed E-state index contributed by atoms with van der Waals surface area (Å²) in [6.07, 6.45) is 0. The molecule has 4 nitrogen and oxygen atoms in total. The fourth-order valence-corrected chi connectivity index (χ4v) is 1.35. The van der Waals surface area contributed by atoms with Crippen molar-refractivity contribution < 1.29 is 13.9 Å². The Kier molecular flexibility index (Phi) is 4.29. The lowest BCUT2D eigenvalue weighted by atomic mass is 9.87. The molecule has 18 heavy (non-hydrogen) atoms. The third-order valence-electron chi connectivity index (χ3n) is 2.63. The van der Waals surface area contributed by atoms with Gasteiger partial charge < -0.3 is 15.8 Å². The van der Waals surface area contributed by atoms with Crippen molar-refractivity contribution in [3.8, 4) is 5.75 Å². The summed E-state index contributed by atoms with van der Waals surface area (Å²) in [7, 11) is 1.37. The van der Waals surface area contributed by atoms with Gasteiger partial charge in [-0.15, -0.1) is 0 Å². The molecule has 0 saturated carbocycles. The van der Waals surface area contributed by atoms with Crippen LogP contribution in [0.1, 0.15) is 20.8 Å². The SMILES string of the molecule is COc1cc(NC(=O)[C@H](N)C(C)(C)C)ccc1F. The normalized spacial score (nSPS) is 13.0. The van der Waals surface area contributed by atoms with Gasteiger partial charge in [-0.2, -0.15) is 0 Å². The van der Waals surface area contributed by atoms with Gasteiger partial charge >= 0.3 is 0 Å². The van der Waals surface area contributed by atoms with Crippen LogP contribution >= 0.6 is 0 Å². The average Bonchev–Trinajstić information content (AvgIpc) is 2.29. The van der Waals surface area contributed by atoms with Gasteiger partial charge in [-0.25, -0.2) is 4.39 Å². The maximum absolute atomic E-state index is 13.2. The Morgan fingerprint density at radius 1 is 1.44 bits per heavy atom. The van der Waals surface area contributed by atoms with Gasteiger partial charge in [0.15, 0.2) is 11.6 Å². The minimum absolute atomic E-state index is 0.0807. The molecule has 0 saturated heterocycles. The molecular formula is C13H19FN2O2. The first kappa shape index (κ1) is 14.4. The van der Waals surface area contributed by atoms with Crippen LogP contribution in [0.25, 0.3) is 0 Å². The maximum atomic E-state index is 13.2. The Bertz CT molecular complexity index is 441. The highest BCUT2D eigenvalue weighted by Gasteiger charge is 2.27. The zero-order valence-corrected chi connectivity index (χ0v) is 11.1. The average molecular weight is 254 g/mol. The number of benzene rings is 1. The number of halogens is 1. The van der Waals surface area contributed by atoms with Crippen molar-refractivity contribution in [3.05, 3.63) is 24.0 Å². The van der Waals surface area contributed by atoms with Crippen molar-refractivity contribution in [2.24, 2.45) is 11.1 Å². The highest BCUT2D eigenvalue weighted by molar-refractivity contribution is 5.95. The number of amides is 1. The molecule has 5 heteroatoms. The predicted molar refractivity (Wildman–Crippen MR) is 69.0 cm³/mol. The molecular weight excluding hydrogens is 235 g/mol. The van der Waals surface area contributed by atoms with E-state index in [-0.39, 0.29) is 17.1 Å². The van der Waals surface area contributed by atoms with Crippen LogP contribution in [-0.4, -0.2) is 19.1 Å². The van der Waals surface area contributed by atoms with Crippen LogP contribution in [0, 0.1) is 11.2 Å². The molecule has 0 aliphatic heterocycles. The second-order valence-electron chi connectivity index (χ2n) is 5.18. The second-order valence-corrected chi connectivity index (χ2v) is 5.18. The third kappa shape index (κ3) is 3.43. The molecule has 3 N–H and O–H groups in total. The lowest BCUT2D eigenvalue weighted by molar-refractivity contribution is -0.119. The number of hydrogen-bond donors (Lipinski definition) is 2. The minimum atomic E-state index is -0.645. The van der Waals surface area contributed by atoms with Crippen molar-refractivity contribution in [2.45, 2.75) is 26.8 Å². The highest BCUT2D eigenvalue weighted by Crippen LogP contribution is 2.23. The van der Waals surface area contributed by atoms with Crippen LogP contribution in [0.5, 0.6) is 5.75 Å². The summed E-state index contributed by atoms with van der Waals surface area (Å²) < 4.78 is 18.0. The zero-order valence-electron chi connectivity index (χ0n) is 11.1. The molecule has 0 aliphatic rings. The first-order chi connectivity index (χ1) is 8.25. The Labute approximate surface area is 106 Å². The molecule has 1 amide bonds. The van der Waals surface area contributed by atoms with E-state index in [1.807, 2.05) is 20.8 Å². The number of methoxy groups -OCH3 is 1. The number of carbonyl (C=O) groups excluding carboxylic acids is 1. The molecule has 1 aromatic carbocycles. The van der Waals surface area contributed by atoms with Crippen molar-refractivity contribution >= 4 is 11.6 Å². The van der Waals surface area contributed by atoms with Crippen molar-refractivity contribution in [3.63, 3.8) is 0 Å². The predicted octanol–water partition coefficient (Wildman–Crippen LogP) is 2.15. The van der Waals surface area contributed by atoms with Gasteiger partial charge in [0, 0.05) is 11.8 Å². The quantitative estimate of drug-likeness (QED) is 0.868. The molecule has 0 aromatic heterocycles. The van der Waals surface area contributed by atoms with Crippen LogP contribution in [0.2, 0.25) is 0 Å². The molecule has 0 bridgehead atoms. The van der Waals surface area contributed by atoms with Crippen LogP contribution in [0.15, 0.2) is 18.2 Å². The summed E-state index contributed by atoms with van der Waals surface area (Å²) >= 11 is 0. The molecule has 0 fully saturated rings. The fourth-order valence-electron chi connectivity index (χ4n) is 1.35. The Balaban J connectivity index is 2.82. The van der Waals surface area contributed by atoms with Gasteiger partial charge in [-0.3, -0.25) is 4.79 Å². The number of ether oxygens (including phenoxy) is 1. The summed E-state index contributed by atoms with van der Waals surface area (Å²) in [6, 6.07) is 3.47. The first-order valence-corrected chi connectivity index (χ1v) is 5.65. The number of anilines is 1. The molecule has 0 unspecified atom stereocenters. The molecule has 0 spiro atoms. The minimum Gasteiger partial charge on any atom is -0.494 e. The van der Waals surface area contributed by atoms with E-state index in [0.717, 1.165) is 0 Å². The largest absolute Gasteiger partial charge is 0.494 e. The van der Waals surface area contributed by atoms with Gasteiger partial charge in [0.2, 0.25) is 5.91 Å². The van der Waals surface area contributed by atoms with E-state index in [2.05, 4.69) is 5.32 Å². The summed E-state index contributed by atoms with van der Waals surface area (Å²) in [5, 5.41) is 2.64. The Morgan fingerprint density at radius 3 is 2.56 bits per heavy atom. The lowest BCUT2D eigenvalue weighted by Gasteiger charge is -2.25. The molecule has 1 aromatic rings. The van der Waals surface area contributed by atoms with Gasteiger partial charge in [0.05, 0.1) is 13.2 Å². The van der Waals surface area contributed by atoms with Crippen LogP contribution < -0.4 is 15.8 Å². The van der Waals surface area contributed by atoms with Crippen molar-refractivity contribution in [1.82, 2.24) is 0 Å². The Morgan fingerprint density at radius 2 is 2.06 bits per heavy atom. The first-order valence-electron chi connectivity index (χ1n) is 5.65. The van der Waals surface area contributed by atoms with Gasteiger partial charge in [0.25, 0.3) is 0 Å². The molecule has 1 atom stereocenters. The molecule has 100 valence electrons. The maximum Gasteiger partial charge on any atom is 0.241 e. The van der Waals surface area contributed by atoms with E-state index in [1.165, 1.54) is 25.3 Å². The van der Waals surface area contributed by atoms with Crippen LogP contribution in [0.3, 0.4) is 0 Å². The number of rotatable bonds is 3. The van der Waals surface area contributed by atoms with Crippen LogP contribution in [-0.2, 0) is 4.79 Å². The second kappa shape index (κ2) is 5.35. The van der Waals surface area contributed by atoms with E-state index in [1.54, 1.807) is 0 Å². The smallest absolute Gasteiger partial charge is 0.241 e. The number of carbonyl (C=O) groups is 1. The molecule has 0 heterocycles. The summed E-state index contributed by atoms with van der Waals surface area (Å²) in [6.45, 7) is 5.63. The standard InChI is InChI=1S/C13H19FN2O2/c1-13(2,3)11(15)12(17)16-8-5-6-9(14)10(7-8)18-4/h5-7,11H,15H2,1-4H3,(H,16,17)/t11-/m0/s1. The topological polar surface area (TPSA) is 64.3 Å². The van der Waals surface area contributed by atoms with E-state index in [9.17, 15) is 9.18 Å². The number of nitrogens with two attached hydrogens (primary N) is 1. The lowest BCUT2D eigenvalue weighted by Crippen LogP contribution is -2.45. The fraction of sp³-hybridized carbons (Fsp3) is 0.462. The van der Waals surface area contributed by atoms with E-state index in [4.69, 9.17) is 10.5 Å². The summed E-state index contributed by atoms with van der Waals surface area (Å²) in [4.78, 5) is 11.9. The van der Waals surface area contributed by atoms with Crippen molar-refractivity contribution in [1.29, 1.82) is 0 Å². The molecule has 0 aliphatic carbocycles. The van der Waals surface area contributed by atoms with E-state index >= 15 is 0 Å². The van der Waals surface area contributed by atoms with Gasteiger partial charge in [-0.1, -0.05) is 20.8 Å². The van der Waals surface area contributed by atoms with Gasteiger partial charge in [-0.05, 0) is 17.5 Å². The van der Waals surface area contributed by atoms with Gasteiger partial charge in [0.1, 0.15) is 0 Å². The van der Waals surface area contributed by atoms with E-state index < -0.39 is 11.9 Å². The number of nitrogens with one attached hydrogen (secondary N) is 1. The van der Waals surface area contributed by atoms with E-state index in [0.29, 0.717) is 5.69 Å². The molecule has 1 rings (SSSR count). The highest BCUT2D eigenvalue weighted by atomic mass is 19.1. The van der Waals surface area contributed by atoms with Crippen molar-refractivity contribution in [2.75, 3.05) is 12.4 Å². The third-order valence-corrected chi connectivity index (χ3v) is 2.63. The number of hydrogen-bond acceptors (Lipinski definition) is 3. The summed E-state index contributed by atoms with van der Waals surface area (Å²) in [5.74, 6) is -0.705. The van der Waals surface area contributed by atoms with Crippen LogP contribution in [0.4, 0.5) is 10.1 Å². The summed E-state index contributed by atoms with van der Waals surface area (Å²) in [5.41, 5.74) is 5.94. The monoisotopic (exact) mass is 254 g/mol. The molecule has 0 radical (unpaired) electrons.